The third kappa shape index (κ3) is 1.25. The summed E-state index contributed by atoms with van der Waals surface area (Å²) >= 11 is 0. The topological polar surface area (TPSA) is 49.7 Å². The number of aliphatic hydroxyl groups excluding tert-OH is 2. The van der Waals surface area contributed by atoms with Crippen molar-refractivity contribution in [1.29, 1.82) is 0 Å². The molecule has 0 spiro atoms. The van der Waals surface area contributed by atoms with Crippen LogP contribution in [0.3, 0.4) is 0 Å². The summed E-state index contributed by atoms with van der Waals surface area (Å²) < 4.78 is 6.29. The van der Waals surface area contributed by atoms with Gasteiger partial charge in [0.25, 0.3) is 0 Å². The lowest BCUT2D eigenvalue weighted by atomic mass is 9.55. The quantitative estimate of drug-likeness (QED) is 0.702. The number of allylic oxidation sites excluding steroid dienone is 1. The third-order valence-electron chi connectivity index (χ3n) is 6.19. The van der Waals surface area contributed by atoms with Crippen molar-refractivity contribution in [3.05, 3.63) is 11.6 Å². The van der Waals surface area contributed by atoms with Gasteiger partial charge in [-0.05, 0) is 26.2 Å². The second kappa shape index (κ2) is 3.59. The van der Waals surface area contributed by atoms with Crippen molar-refractivity contribution in [2.45, 2.75) is 64.3 Å². The molecule has 3 aliphatic rings. The minimum atomic E-state index is -0.549. The first-order valence-electron chi connectivity index (χ1n) is 7.01. The van der Waals surface area contributed by atoms with Crippen LogP contribution in [0.15, 0.2) is 11.6 Å². The lowest BCUT2D eigenvalue weighted by molar-refractivity contribution is -0.0942. The van der Waals surface area contributed by atoms with E-state index in [1.807, 2.05) is 0 Å². The minimum absolute atomic E-state index is 0.0134. The van der Waals surface area contributed by atoms with Crippen LogP contribution in [0.1, 0.15) is 46.5 Å². The first kappa shape index (κ1) is 12.6. The van der Waals surface area contributed by atoms with E-state index < -0.39 is 5.60 Å². The minimum Gasteiger partial charge on any atom is -0.393 e. The summed E-state index contributed by atoms with van der Waals surface area (Å²) in [6.45, 7) is 6.64. The second-order valence-electron chi connectivity index (χ2n) is 7.02. The van der Waals surface area contributed by atoms with E-state index in [0.717, 1.165) is 19.3 Å². The Morgan fingerprint density at radius 1 is 1.39 bits per heavy atom. The molecule has 2 N–H and O–H groups in total. The predicted molar refractivity (Wildman–Crippen MR) is 69.1 cm³/mol. The number of rotatable bonds is 1. The lowest BCUT2D eigenvalue weighted by Gasteiger charge is -2.46. The van der Waals surface area contributed by atoms with Gasteiger partial charge in [0.2, 0.25) is 0 Å². The van der Waals surface area contributed by atoms with Gasteiger partial charge < -0.3 is 14.9 Å². The molecule has 1 saturated heterocycles. The zero-order valence-electron chi connectivity index (χ0n) is 11.6. The van der Waals surface area contributed by atoms with E-state index in [4.69, 9.17) is 4.74 Å². The van der Waals surface area contributed by atoms with Gasteiger partial charge in [-0.25, -0.2) is 0 Å². The second-order valence-corrected chi connectivity index (χ2v) is 7.02. The number of fused-ring (bicyclic) bond motifs is 3. The fraction of sp³-hybridized carbons (Fsp3) is 0.867. The van der Waals surface area contributed by atoms with Gasteiger partial charge in [0, 0.05) is 17.3 Å². The SMILES string of the molecule is CC1=C[C@@H]2O[C@]3(CO)C[C@@H](O)C[C@]3(C)[C@@]2(C)CC1. The highest BCUT2D eigenvalue weighted by molar-refractivity contribution is 5.26. The van der Waals surface area contributed by atoms with Gasteiger partial charge in [-0.1, -0.05) is 25.5 Å². The number of hydrogen-bond acceptors (Lipinski definition) is 3. The van der Waals surface area contributed by atoms with Crippen molar-refractivity contribution in [2.75, 3.05) is 6.61 Å². The van der Waals surface area contributed by atoms with Crippen LogP contribution in [0.5, 0.6) is 0 Å². The molecule has 1 heterocycles. The van der Waals surface area contributed by atoms with Gasteiger partial charge in [-0.3, -0.25) is 0 Å². The molecule has 3 heteroatoms. The average Bonchev–Trinajstić information content (AvgIpc) is 2.65. The normalized spacial score (nSPS) is 55.1. The van der Waals surface area contributed by atoms with Crippen LogP contribution in [-0.4, -0.2) is 34.6 Å². The van der Waals surface area contributed by atoms with Crippen LogP contribution in [-0.2, 0) is 4.74 Å². The highest BCUT2D eigenvalue weighted by Gasteiger charge is 2.71. The number of ether oxygens (including phenoxy) is 1. The van der Waals surface area contributed by atoms with Crippen molar-refractivity contribution in [3.8, 4) is 0 Å². The van der Waals surface area contributed by atoms with E-state index in [1.54, 1.807) is 0 Å². The fourth-order valence-corrected chi connectivity index (χ4v) is 4.67. The molecule has 3 rings (SSSR count). The van der Waals surface area contributed by atoms with Crippen molar-refractivity contribution >= 4 is 0 Å². The molecule has 0 aromatic carbocycles. The number of hydrogen-bond donors (Lipinski definition) is 2. The summed E-state index contributed by atoms with van der Waals surface area (Å²) in [6, 6.07) is 0. The lowest BCUT2D eigenvalue weighted by Crippen LogP contribution is -2.49. The van der Waals surface area contributed by atoms with E-state index in [0.29, 0.717) is 6.42 Å². The van der Waals surface area contributed by atoms with Gasteiger partial charge in [0.05, 0.1) is 18.8 Å². The maximum atomic E-state index is 10.0. The highest BCUT2D eigenvalue weighted by Crippen LogP contribution is 2.68. The van der Waals surface area contributed by atoms with Crippen molar-refractivity contribution in [1.82, 2.24) is 0 Å². The van der Waals surface area contributed by atoms with E-state index in [9.17, 15) is 10.2 Å². The highest BCUT2D eigenvalue weighted by atomic mass is 16.5. The Labute approximate surface area is 109 Å². The first-order chi connectivity index (χ1) is 8.37. The Balaban J connectivity index is 2.08. The number of aliphatic hydroxyl groups is 2. The molecule has 102 valence electrons. The Morgan fingerprint density at radius 3 is 2.78 bits per heavy atom. The third-order valence-corrected chi connectivity index (χ3v) is 6.19. The summed E-state index contributed by atoms with van der Waals surface area (Å²) in [5, 5.41) is 19.9. The van der Waals surface area contributed by atoms with Gasteiger partial charge in [-0.15, -0.1) is 0 Å². The van der Waals surface area contributed by atoms with E-state index in [2.05, 4.69) is 26.8 Å². The summed E-state index contributed by atoms with van der Waals surface area (Å²) in [4.78, 5) is 0. The monoisotopic (exact) mass is 252 g/mol. The fourth-order valence-electron chi connectivity index (χ4n) is 4.67. The molecule has 1 saturated carbocycles. The molecule has 2 fully saturated rings. The maximum Gasteiger partial charge on any atom is 0.100 e. The van der Waals surface area contributed by atoms with Gasteiger partial charge in [0.15, 0.2) is 0 Å². The summed E-state index contributed by atoms with van der Waals surface area (Å²) in [5.41, 5.74) is 0.741. The van der Waals surface area contributed by atoms with Crippen LogP contribution in [0.4, 0.5) is 0 Å². The predicted octanol–water partition coefficient (Wildman–Crippen LogP) is 2.02. The van der Waals surface area contributed by atoms with E-state index in [-0.39, 0.29) is 29.6 Å². The van der Waals surface area contributed by atoms with Gasteiger partial charge in [0.1, 0.15) is 5.60 Å². The molecule has 0 unspecified atom stereocenters. The van der Waals surface area contributed by atoms with Crippen LogP contribution in [0, 0.1) is 10.8 Å². The van der Waals surface area contributed by atoms with Crippen LogP contribution in [0.25, 0.3) is 0 Å². The molecule has 2 aliphatic carbocycles. The van der Waals surface area contributed by atoms with Crippen LogP contribution < -0.4 is 0 Å². The Bertz CT molecular complexity index is 405. The average molecular weight is 252 g/mol. The molecule has 0 bridgehead atoms. The van der Waals surface area contributed by atoms with Gasteiger partial charge in [-0.2, -0.15) is 0 Å². The molecule has 0 radical (unpaired) electrons. The molecule has 0 aromatic heterocycles. The zero-order valence-corrected chi connectivity index (χ0v) is 11.6. The molecule has 1 aliphatic heterocycles. The first-order valence-corrected chi connectivity index (χ1v) is 7.01. The summed E-state index contributed by atoms with van der Waals surface area (Å²) in [7, 11) is 0. The molecule has 5 atom stereocenters. The van der Waals surface area contributed by atoms with E-state index >= 15 is 0 Å². The smallest absolute Gasteiger partial charge is 0.100 e. The molecule has 3 nitrogen and oxygen atoms in total. The standard InChI is InChI=1S/C15H24O3/c1-10-4-5-13(2)12(6-10)18-15(9-16)8-11(17)7-14(13,15)3/h6,11-12,16-17H,4-5,7-9H2,1-3H3/t11-,12-,13-,14+,15-/m0/s1. The largest absolute Gasteiger partial charge is 0.393 e. The Morgan fingerprint density at radius 2 is 2.11 bits per heavy atom. The molecule has 0 aromatic rings. The summed E-state index contributed by atoms with van der Waals surface area (Å²) in [6.07, 6.45) is 5.49. The Kier molecular flexibility index (Phi) is 2.52. The molecular formula is C15H24O3. The summed E-state index contributed by atoms with van der Waals surface area (Å²) in [5.74, 6) is 0. The molecule has 0 amide bonds. The van der Waals surface area contributed by atoms with Crippen molar-refractivity contribution in [3.63, 3.8) is 0 Å². The van der Waals surface area contributed by atoms with Crippen molar-refractivity contribution < 1.29 is 14.9 Å². The van der Waals surface area contributed by atoms with Crippen LogP contribution in [0.2, 0.25) is 0 Å². The maximum absolute atomic E-state index is 10.0. The van der Waals surface area contributed by atoms with E-state index in [1.165, 1.54) is 5.57 Å². The zero-order chi connectivity index (χ0) is 13.2. The van der Waals surface area contributed by atoms with Crippen molar-refractivity contribution in [2.24, 2.45) is 10.8 Å². The molecule has 18 heavy (non-hydrogen) atoms. The van der Waals surface area contributed by atoms with Crippen LogP contribution >= 0.6 is 0 Å². The Hall–Kier alpha value is -0.380. The van der Waals surface area contributed by atoms with Gasteiger partial charge >= 0.3 is 0 Å². The molecular weight excluding hydrogens is 228 g/mol.